The van der Waals surface area contributed by atoms with Gasteiger partial charge < -0.3 is 4.18 Å². The Labute approximate surface area is 280 Å². The van der Waals surface area contributed by atoms with Gasteiger partial charge in [-0.3, -0.25) is 19.2 Å². The Morgan fingerprint density at radius 3 is 2.02 bits per heavy atom. The van der Waals surface area contributed by atoms with Crippen LogP contribution >= 0.6 is 55.1 Å². The SMILES string of the molecule is Cc1ccc(S(=O)(=O)Oc2ccc(C(=O)CN(C(=O)c3ccc(Cl)cc3Cl)N3C(=O)[C@H]4C[C@@H](Br)[C@@H](Br)C[C@H]4C3=O)cc2)cc1. The van der Waals surface area contributed by atoms with Gasteiger partial charge in [-0.2, -0.15) is 13.4 Å². The van der Waals surface area contributed by atoms with Gasteiger partial charge in [0.1, 0.15) is 17.2 Å². The number of hydrogen-bond acceptors (Lipinski definition) is 7. The minimum atomic E-state index is -4.12. The molecule has 0 bridgehead atoms. The lowest BCUT2D eigenvalue weighted by atomic mass is 9.81. The number of hydrogen-bond donors (Lipinski definition) is 0. The van der Waals surface area contributed by atoms with Crippen molar-refractivity contribution in [1.29, 1.82) is 0 Å². The molecule has 14 heteroatoms. The third-order valence-corrected chi connectivity index (χ3v) is 12.1. The number of ketones is 1. The van der Waals surface area contributed by atoms with Crippen LogP contribution in [0.5, 0.6) is 5.75 Å². The molecule has 0 spiro atoms. The Morgan fingerprint density at radius 1 is 0.909 bits per heavy atom. The zero-order chi connectivity index (χ0) is 31.9. The van der Waals surface area contributed by atoms with Crippen LogP contribution in [0.2, 0.25) is 10.0 Å². The fourth-order valence-corrected chi connectivity index (χ4v) is 7.81. The van der Waals surface area contributed by atoms with Crippen molar-refractivity contribution in [2.45, 2.75) is 34.3 Å². The maximum atomic E-state index is 13.8. The van der Waals surface area contributed by atoms with E-state index in [-0.39, 0.29) is 41.5 Å². The molecule has 230 valence electrons. The molecule has 1 heterocycles. The van der Waals surface area contributed by atoms with Crippen LogP contribution in [-0.4, -0.2) is 58.1 Å². The van der Waals surface area contributed by atoms with E-state index in [1.54, 1.807) is 12.1 Å². The number of imide groups is 1. The number of fused-ring (bicyclic) bond motifs is 1. The average molecular weight is 787 g/mol. The van der Waals surface area contributed by atoms with Crippen molar-refractivity contribution in [3.8, 4) is 5.75 Å². The van der Waals surface area contributed by atoms with Gasteiger partial charge in [0.15, 0.2) is 5.78 Å². The molecule has 2 aliphatic rings. The van der Waals surface area contributed by atoms with Crippen LogP contribution in [-0.2, 0) is 19.7 Å². The minimum absolute atomic E-state index is 0.0196. The fraction of sp³-hybridized carbons (Fsp3) is 0.267. The summed E-state index contributed by atoms with van der Waals surface area (Å²) < 4.78 is 30.5. The Bertz CT molecular complexity index is 1730. The van der Waals surface area contributed by atoms with Crippen molar-refractivity contribution in [3.63, 3.8) is 0 Å². The lowest BCUT2D eigenvalue weighted by molar-refractivity contribution is -0.154. The van der Waals surface area contributed by atoms with Crippen LogP contribution < -0.4 is 4.18 Å². The van der Waals surface area contributed by atoms with E-state index in [0.717, 1.165) is 15.6 Å². The molecule has 0 aromatic heterocycles. The van der Waals surface area contributed by atoms with Crippen LogP contribution in [0, 0.1) is 18.8 Å². The summed E-state index contributed by atoms with van der Waals surface area (Å²) in [5, 5.41) is 1.83. The summed E-state index contributed by atoms with van der Waals surface area (Å²) in [6, 6.07) is 15.5. The first-order chi connectivity index (χ1) is 20.8. The van der Waals surface area contributed by atoms with E-state index in [2.05, 4.69) is 31.9 Å². The van der Waals surface area contributed by atoms with Crippen molar-refractivity contribution < 1.29 is 31.8 Å². The van der Waals surface area contributed by atoms with Crippen molar-refractivity contribution >= 4 is 88.7 Å². The summed E-state index contributed by atoms with van der Waals surface area (Å²) in [5.74, 6) is -4.00. The maximum Gasteiger partial charge on any atom is 0.339 e. The number of aryl methyl sites for hydroxylation is 1. The minimum Gasteiger partial charge on any atom is -0.379 e. The smallest absolute Gasteiger partial charge is 0.339 e. The van der Waals surface area contributed by atoms with E-state index >= 15 is 0 Å². The first-order valence-electron chi connectivity index (χ1n) is 13.3. The highest BCUT2D eigenvalue weighted by molar-refractivity contribution is 9.12. The zero-order valence-corrected chi connectivity index (χ0v) is 28.5. The Kier molecular flexibility index (Phi) is 9.58. The van der Waals surface area contributed by atoms with E-state index in [1.165, 1.54) is 54.6 Å². The number of halogens is 4. The van der Waals surface area contributed by atoms with Crippen LogP contribution in [0.15, 0.2) is 71.6 Å². The topological polar surface area (TPSA) is 118 Å². The van der Waals surface area contributed by atoms with Crippen molar-refractivity contribution in [2.75, 3.05) is 6.54 Å². The predicted octanol–water partition coefficient (Wildman–Crippen LogP) is 6.23. The molecule has 2 fully saturated rings. The first kappa shape index (κ1) is 32.6. The van der Waals surface area contributed by atoms with Gasteiger partial charge in [-0.15, -0.1) is 0 Å². The van der Waals surface area contributed by atoms with Gasteiger partial charge in [-0.1, -0.05) is 72.8 Å². The van der Waals surface area contributed by atoms with Crippen molar-refractivity contribution in [1.82, 2.24) is 10.0 Å². The van der Waals surface area contributed by atoms with Crippen molar-refractivity contribution in [3.05, 3.63) is 93.5 Å². The Hall–Kier alpha value is -2.77. The van der Waals surface area contributed by atoms with Gasteiger partial charge in [-0.05, 0) is 74.4 Å². The lowest BCUT2D eigenvalue weighted by Gasteiger charge is -2.30. The molecule has 3 amide bonds. The number of nitrogens with zero attached hydrogens (tertiary/aromatic N) is 2. The molecular formula is C30H24Br2Cl2N2O7S. The fourth-order valence-electron chi connectivity index (χ4n) is 5.15. The van der Waals surface area contributed by atoms with Crippen LogP contribution in [0.1, 0.15) is 39.1 Å². The summed E-state index contributed by atoms with van der Waals surface area (Å²) in [5.41, 5.74) is 0.914. The number of benzene rings is 3. The lowest BCUT2D eigenvalue weighted by Crippen LogP contribution is -2.52. The molecule has 0 N–H and O–H groups in total. The molecule has 1 saturated carbocycles. The summed E-state index contributed by atoms with van der Waals surface area (Å²) in [4.78, 5) is 54.3. The number of hydrazine groups is 1. The van der Waals surface area contributed by atoms with Crippen LogP contribution in [0.3, 0.4) is 0 Å². The quantitative estimate of drug-likeness (QED) is 0.115. The summed E-state index contributed by atoms with van der Waals surface area (Å²) in [6.45, 7) is 1.15. The van der Waals surface area contributed by atoms with E-state index < -0.39 is 52.0 Å². The average Bonchev–Trinajstić information content (AvgIpc) is 3.20. The largest absolute Gasteiger partial charge is 0.379 e. The molecule has 3 aromatic rings. The number of carbonyl (C=O) groups is 4. The Balaban J connectivity index is 1.41. The van der Waals surface area contributed by atoms with E-state index in [0.29, 0.717) is 12.8 Å². The second-order valence-electron chi connectivity index (χ2n) is 10.5. The molecule has 1 saturated heterocycles. The molecule has 4 atom stereocenters. The molecule has 0 unspecified atom stereocenters. The predicted molar refractivity (Wildman–Crippen MR) is 171 cm³/mol. The molecular weight excluding hydrogens is 763 g/mol. The number of amides is 3. The summed E-state index contributed by atoms with van der Waals surface area (Å²) in [7, 11) is -4.12. The molecule has 9 nitrogen and oxygen atoms in total. The van der Waals surface area contributed by atoms with Gasteiger partial charge in [-0.25, -0.2) is 5.01 Å². The van der Waals surface area contributed by atoms with Crippen LogP contribution in [0.25, 0.3) is 0 Å². The molecule has 1 aliphatic carbocycles. The molecule has 5 rings (SSSR count). The first-order valence-corrected chi connectivity index (χ1v) is 17.3. The van der Waals surface area contributed by atoms with E-state index in [1.807, 2.05) is 6.92 Å². The molecule has 0 radical (unpaired) electrons. The highest BCUT2D eigenvalue weighted by atomic mass is 79.9. The zero-order valence-electron chi connectivity index (χ0n) is 23.0. The molecule has 1 aliphatic heterocycles. The van der Waals surface area contributed by atoms with Crippen LogP contribution in [0.4, 0.5) is 0 Å². The maximum absolute atomic E-state index is 13.8. The highest BCUT2D eigenvalue weighted by Crippen LogP contribution is 2.44. The number of Topliss-reactive ketones (excluding diaryl/α,β-unsaturated/α-hetero) is 1. The van der Waals surface area contributed by atoms with Gasteiger partial charge >= 0.3 is 10.1 Å². The number of carbonyl (C=O) groups excluding carboxylic acids is 4. The summed E-state index contributed by atoms with van der Waals surface area (Å²) >= 11 is 19.4. The van der Waals surface area contributed by atoms with E-state index in [9.17, 15) is 27.6 Å². The molecule has 44 heavy (non-hydrogen) atoms. The number of rotatable bonds is 8. The Morgan fingerprint density at radius 2 is 1.48 bits per heavy atom. The van der Waals surface area contributed by atoms with Gasteiger partial charge in [0.05, 0.1) is 22.4 Å². The van der Waals surface area contributed by atoms with Gasteiger partial charge in [0, 0.05) is 20.2 Å². The second-order valence-corrected chi connectivity index (χ2v) is 15.2. The van der Waals surface area contributed by atoms with Gasteiger partial charge in [0.25, 0.3) is 17.7 Å². The second kappa shape index (κ2) is 12.9. The highest BCUT2D eigenvalue weighted by Gasteiger charge is 2.55. The van der Waals surface area contributed by atoms with E-state index in [4.69, 9.17) is 27.4 Å². The molecule has 3 aromatic carbocycles. The monoisotopic (exact) mass is 784 g/mol. The van der Waals surface area contributed by atoms with Gasteiger partial charge in [0.2, 0.25) is 0 Å². The van der Waals surface area contributed by atoms with Crippen molar-refractivity contribution in [2.24, 2.45) is 11.8 Å². The third kappa shape index (κ3) is 6.60. The number of alkyl halides is 2. The summed E-state index contributed by atoms with van der Waals surface area (Å²) in [6.07, 6.45) is 0.735. The standard InChI is InChI=1S/C30H24Br2Cl2N2O7S/c1-16-2-9-20(10-3-16)44(41,42)43-19-7-4-17(5-8-19)27(37)15-35(28(38)21-11-6-18(33)12-26(21)34)36-29(39)22-13-24(31)25(32)14-23(22)30(36)40/h2-12,22-25H,13-15H2,1H3/t22-,23+,24+,25-. The normalized spacial score (nSPS) is 21.6. The third-order valence-electron chi connectivity index (χ3n) is 7.51.